The van der Waals surface area contributed by atoms with E-state index in [-0.39, 0.29) is 24.4 Å². The lowest BCUT2D eigenvalue weighted by molar-refractivity contribution is -0.169. The number of hydrogen-bond donors (Lipinski definition) is 1. The lowest BCUT2D eigenvalue weighted by Gasteiger charge is -2.27. The molecule has 3 aliphatic rings. The molecule has 184 valence electrons. The van der Waals surface area contributed by atoms with Crippen LogP contribution in [-0.4, -0.2) is 65.8 Å². The van der Waals surface area contributed by atoms with Crippen molar-refractivity contribution in [2.75, 3.05) is 32.8 Å². The van der Waals surface area contributed by atoms with E-state index in [0.717, 1.165) is 36.4 Å². The quantitative estimate of drug-likeness (QED) is 0.395. The zero-order valence-electron chi connectivity index (χ0n) is 19.6. The summed E-state index contributed by atoms with van der Waals surface area (Å²) in [5, 5.41) is 10.7. The number of hydrogen-bond acceptors (Lipinski definition) is 9. The van der Waals surface area contributed by atoms with E-state index in [0.29, 0.717) is 43.4 Å². The van der Waals surface area contributed by atoms with Crippen molar-refractivity contribution in [3.05, 3.63) is 30.7 Å². The largest absolute Gasteiger partial charge is 0.445 e. The van der Waals surface area contributed by atoms with Gasteiger partial charge in [-0.3, -0.25) is 0 Å². The average Bonchev–Trinajstić information content (AvgIpc) is 3.54. The second-order valence-electron chi connectivity index (χ2n) is 9.65. The number of benzene rings is 1. The van der Waals surface area contributed by atoms with E-state index in [1.165, 1.54) is 6.39 Å². The summed E-state index contributed by atoms with van der Waals surface area (Å²) in [6, 6.07) is 8.09. The molecule has 1 saturated carbocycles. The minimum absolute atomic E-state index is 0.100. The number of amides is 1. The second kappa shape index (κ2) is 10.6. The van der Waals surface area contributed by atoms with Crippen LogP contribution >= 0.6 is 11.9 Å². The number of alkyl carbamates (subject to hydrolysis) is 1. The van der Waals surface area contributed by atoms with Crippen molar-refractivity contribution in [3.63, 3.8) is 0 Å². The summed E-state index contributed by atoms with van der Waals surface area (Å²) >= 11 is 1.70. The molecule has 1 aromatic carbocycles. The Balaban J connectivity index is 1.09. The Bertz CT molecular complexity index is 959. The molecule has 5 atom stereocenters. The lowest BCUT2D eigenvalue weighted by atomic mass is 9.98. The summed E-state index contributed by atoms with van der Waals surface area (Å²) in [6.07, 6.45) is 2.65. The highest BCUT2D eigenvalue weighted by molar-refractivity contribution is 7.97. The molecule has 0 radical (unpaired) electrons. The van der Waals surface area contributed by atoms with Crippen LogP contribution in [0.2, 0.25) is 0 Å². The molecule has 2 aromatic rings. The Labute approximate surface area is 204 Å². The van der Waals surface area contributed by atoms with Crippen molar-refractivity contribution < 1.29 is 23.4 Å². The Kier molecular flexibility index (Phi) is 7.38. The third-order valence-electron chi connectivity index (χ3n) is 6.63. The maximum Gasteiger partial charge on any atom is 0.407 e. The molecule has 3 fully saturated rings. The van der Waals surface area contributed by atoms with Crippen LogP contribution in [0.3, 0.4) is 0 Å². The van der Waals surface area contributed by atoms with Crippen LogP contribution < -0.4 is 5.32 Å². The normalized spacial score (nSPS) is 27.5. The number of carbonyl (C=O) groups excluding carboxylic acids is 1. The van der Waals surface area contributed by atoms with Crippen molar-refractivity contribution in [1.29, 1.82) is 0 Å². The van der Waals surface area contributed by atoms with E-state index in [2.05, 4.69) is 45.8 Å². The van der Waals surface area contributed by atoms with Gasteiger partial charge in [0.25, 0.3) is 0 Å². The van der Waals surface area contributed by atoms with Gasteiger partial charge in [0.05, 0.1) is 13.2 Å². The first-order valence-corrected chi connectivity index (χ1v) is 12.8. The summed E-state index contributed by atoms with van der Waals surface area (Å²) in [5.74, 6) is 1.96. The molecular weight excluding hydrogens is 456 g/mol. The number of carbonyl (C=O) groups is 1. The first-order chi connectivity index (χ1) is 16.6. The summed E-state index contributed by atoms with van der Waals surface area (Å²) < 4.78 is 24.9. The predicted molar refractivity (Wildman–Crippen MR) is 126 cm³/mol. The van der Waals surface area contributed by atoms with E-state index in [9.17, 15) is 4.79 Å². The van der Waals surface area contributed by atoms with Gasteiger partial charge in [-0.2, -0.15) is 0 Å². The second-order valence-corrected chi connectivity index (χ2v) is 10.8. The van der Waals surface area contributed by atoms with Gasteiger partial charge in [-0.25, -0.2) is 9.10 Å². The summed E-state index contributed by atoms with van der Waals surface area (Å²) in [5.41, 5.74) is 0.900. The van der Waals surface area contributed by atoms with Crippen LogP contribution in [0.5, 0.6) is 0 Å². The lowest BCUT2D eigenvalue weighted by Crippen LogP contribution is -2.37. The number of fused-ring (bicyclic) bond motifs is 1. The monoisotopic (exact) mass is 488 g/mol. The molecule has 1 aromatic heterocycles. The maximum atomic E-state index is 12.5. The number of nitrogens with zero attached hydrogens (tertiary/aromatic N) is 3. The zero-order chi connectivity index (χ0) is 23.5. The zero-order valence-corrected chi connectivity index (χ0v) is 20.4. The first-order valence-electron chi connectivity index (χ1n) is 12.0. The Morgan fingerprint density at radius 1 is 1.29 bits per heavy atom. The minimum atomic E-state index is -0.337. The number of ether oxygens (including phenoxy) is 3. The van der Waals surface area contributed by atoms with Gasteiger partial charge in [0, 0.05) is 47.8 Å². The van der Waals surface area contributed by atoms with Crippen molar-refractivity contribution in [1.82, 2.24) is 19.8 Å². The highest BCUT2D eigenvalue weighted by Crippen LogP contribution is 2.49. The molecule has 1 N–H and O–H groups in total. The van der Waals surface area contributed by atoms with E-state index >= 15 is 0 Å². The smallest absolute Gasteiger partial charge is 0.407 e. The molecule has 5 rings (SSSR count). The predicted octanol–water partition coefficient (Wildman–Crippen LogP) is 3.83. The van der Waals surface area contributed by atoms with Gasteiger partial charge in [0.1, 0.15) is 6.10 Å². The van der Waals surface area contributed by atoms with Crippen molar-refractivity contribution >= 4 is 18.0 Å². The van der Waals surface area contributed by atoms with Gasteiger partial charge < -0.3 is 23.9 Å². The third kappa shape index (κ3) is 5.40. The number of rotatable bonds is 10. The molecule has 2 bridgehead atoms. The molecule has 1 aliphatic carbocycles. The maximum absolute atomic E-state index is 12.5. The highest BCUT2D eigenvalue weighted by Gasteiger charge is 2.56. The molecule has 10 heteroatoms. The molecule has 2 aliphatic heterocycles. The van der Waals surface area contributed by atoms with Crippen molar-refractivity contribution in [3.8, 4) is 11.5 Å². The number of nitrogens with one attached hydrogen (secondary N) is 1. The number of aromatic nitrogens is 2. The molecule has 3 heterocycles. The van der Waals surface area contributed by atoms with E-state index in [1.807, 2.05) is 12.1 Å². The van der Waals surface area contributed by atoms with E-state index in [1.54, 1.807) is 11.9 Å². The summed E-state index contributed by atoms with van der Waals surface area (Å²) in [7, 11) is 0. The van der Waals surface area contributed by atoms with Crippen LogP contribution in [0.25, 0.3) is 11.5 Å². The Morgan fingerprint density at radius 3 is 3.00 bits per heavy atom. The van der Waals surface area contributed by atoms with Crippen LogP contribution in [0.4, 0.5) is 4.79 Å². The van der Waals surface area contributed by atoms with Gasteiger partial charge in [-0.05, 0) is 48.9 Å². The molecular formula is C24H32N4O5S. The molecule has 2 saturated heterocycles. The molecule has 1 amide bonds. The fourth-order valence-electron chi connectivity index (χ4n) is 5.18. The Morgan fingerprint density at radius 2 is 2.18 bits per heavy atom. The SMILES string of the molecule is CC(C)CN(CCCNC(=O)OC1C2COC3OCC1C3C2)Sc1cccc(-c2nnco2)c1. The molecule has 5 unspecified atom stereocenters. The van der Waals surface area contributed by atoms with Crippen LogP contribution in [0.1, 0.15) is 26.7 Å². The Hall–Kier alpha value is -2.14. The van der Waals surface area contributed by atoms with Gasteiger partial charge in [0.2, 0.25) is 12.3 Å². The molecule has 34 heavy (non-hydrogen) atoms. The van der Waals surface area contributed by atoms with Crippen molar-refractivity contribution in [2.24, 2.45) is 23.7 Å². The van der Waals surface area contributed by atoms with Gasteiger partial charge in [-0.15, -0.1) is 10.2 Å². The minimum Gasteiger partial charge on any atom is -0.445 e. The van der Waals surface area contributed by atoms with Gasteiger partial charge in [0.15, 0.2) is 6.29 Å². The topological polar surface area (TPSA) is 99.0 Å². The van der Waals surface area contributed by atoms with Crippen LogP contribution in [0.15, 0.2) is 40.0 Å². The standard InChI is InChI=1S/C24H32N4O5S/c1-15(2)11-28(34-18-6-3-5-16(9-18)22-27-26-14-32-22)8-4-7-25-24(29)33-21-17-10-19-20(21)13-31-23(19)30-12-17/h3,5-6,9,14-15,17,19-21,23H,4,7-8,10-13H2,1-2H3,(H,25,29). The van der Waals surface area contributed by atoms with Gasteiger partial charge in [-0.1, -0.05) is 19.9 Å². The molecule has 0 spiro atoms. The van der Waals surface area contributed by atoms with Crippen molar-refractivity contribution in [2.45, 2.75) is 44.0 Å². The molecule has 9 nitrogen and oxygen atoms in total. The summed E-state index contributed by atoms with van der Waals surface area (Å²) in [4.78, 5) is 13.6. The van der Waals surface area contributed by atoms with E-state index < -0.39 is 0 Å². The highest BCUT2D eigenvalue weighted by atomic mass is 32.2. The average molecular weight is 489 g/mol. The summed E-state index contributed by atoms with van der Waals surface area (Å²) in [6.45, 7) is 8.00. The first kappa shape index (κ1) is 23.6. The van der Waals surface area contributed by atoms with E-state index in [4.69, 9.17) is 18.6 Å². The third-order valence-corrected chi connectivity index (χ3v) is 7.68. The van der Waals surface area contributed by atoms with Crippen LogP contribution in [0, 0.1) is 23.7 Å². The van der Waals surface area contributed by atoms with Crippen LogP contribution in [-0.2, 0) is 14.2 Å². The fraction of sp³-hybridized carbons (Fsp3) is 0.625. The van der Waals surface area contributed by atoms with Gasteiger partial charge >= 0.3 is 6.09 Å². The fourth-order valence-corrected chi connectivity index (χ4v) is 6.39.